The first-order valence-corrected chi connectivity index (χ1v) is 9.06. The molecular weight excluding hydrogens is 408 g/mol. The molecule has 0 atom stereocenters. The predicted molar refractivity (Wildman–Crippen MR) is 113 cm³/mol. The third-order valence-corrected chi connectivity index (χ3v) is 4.43. The second-order valence-corrected chi connectivity index (χ2v) is 6.32. The number of nitrogens with one attached hydrogen (secondary N) is 2. The molecule has 0 aliphatic carbocycles. The zero-order valence-electron chi connectivity index (χ0n) is 16.1. The average Bonchev–Trinajstić information content (AvgIpc) is 2.76. The Morgan fingerprint density at radius 3 is 2.60 bits per heavy atom. The van der Waals surface area contributed by atoms with Crippen LogP contribution in [0.1, 0.15) is 15.9 Å². The molecule has 1 aromatic heterocycles. The van der Waals surface area contributed by atoms with Gasteiger partial charge in [0.05, 0.1) is 26.1 Å². The molecule has 0 aliphatic rings. The number of nitrogens with zero attached hydrogens (tertiary/aromatic N) is 2. The molecular formula is C20H18N4O5S. The Morgan fingerprint density at radius 1 is 1.20 bits per heavy atom. The van der Waals surface area contributed by atoms with Crippen molar-refractivity contribution in [3.63, 3.8) is 0 Å². The van der Waals surface area contributed by atoms with Gasteiger partial charge >= 0.3 is 0 Å². The van der Waals surface area contributed by atoms with E-state index in [4.69, 9.17) is 21.7 Å². The number of hydrogen-bond donors (Lipinski definition) is 3. The summed E-state index contributed by atoms with van der Waals surface area (Å²) in [6.45, 7) is 0. The van der Waals surface area contributed by atoms with Crippen molar-refractivity contribution in [3.05, 3.63) is 74.8 Å². The molecule has 0 radical (unpaired) electrons. The molecule has 0 bridgehead atoms. The maximum atomic E-state index is 12.3. The highest BCUT2D eigenvalue weighted by Gasteiger charge is 2.17. The summed E-state index contributed by atoms with van der Waals surface area (Å²) in [5.74, 6) is -0.0730. The number of aromatic nitrogens is 2. The van der Waals surface area contributed by atoms with E-state index in [1.165, 1.54) is 18.8 Å². The molecule has 9 nitrogen and oxygen atoms in total. The predicted octanol–water partition coefficient (Wildman–Crippen LogP) is 2.38. The minimum Gasteiger partial charge on any atom is -0.497 e. The van der Waals surface area contributed by atoms with Crippen LogP contribution in [0.15, 0.2) is 58.4 Å². The Morgan fingerprint density at radius 2 is 1.93 bits per heavy atom. The van der Waals surface area contributed by atoms with Crippen LogP contribution in [0.2, 0.25) is 0 Å². The number of rotatable bonds is 6. The molecule has 0 fully saturated rings. The van der Waals surface area contributed by atoms with Gasteiger partial charge in [0.15, 0.2) is 4.77 Å². The Labute approximate surface area is 176 Å². The van der Waals surface area contributed by atoms with Crippen molar-refractivity contribution in [1.29, 1.82) is 0 Å². The summed E-state index contributed by atoms with van der Waals surface area (Å²) >= 11 is 5.21. The lowest BCUT2D eigenvalue weighted by Crippen LogP contribution is -2.21. The summed E-state index contributed by atoms with van der Waals surface area (Å²) in [4.78, 5) is 26.9. The van der Waals surface area contributed by atoms with Crippen molar-refractivity contribution in [2.24, 2.45) is 5.10 Å². The van der Waals surface area contributed by atoms with Crippen LogP contribution in [0.4, 0.5) is 0 Å². The fourth-order valence-corrected chi connectivity index (χ4v) is 2.94. The minimum atomic E-state index is -0.673. The zero-order chi connectivity index (χ0) is 21.7. The van der Waals surface area contributed by atoms with Crippen molar-refractivity contribution in [3.8, 4) is 23.1 Å². The maximum absolute atomic E-state index is 12.3. The highest BCUT2D eigenvalue weighted by molar-refractivity contribution is 7.71. The van der Waals surface area contributed by atoms with E-state index in [1.54, 1.807) is 48.5 Å². The number of carbonyl (C=O) groups is 1. The van der Waals surface area contributed by atoms with Crippen molar-refractivity contribution >= 4 is 24.3 Å². The van der Waals surface area contributed by atoms with E-state index in [2.05, 4.69) is 15.5 Å². The first-order chi connectivity index (χ1) is 14.5. The summed E-state index contributed by atoms with van der Waals surface area (Å²) in [5, 5.41) is 14.5. The van der Waals surface area contributed by atoms with Gasteiger partial charge in [-0.05, 0) is 36.5 Å². The molecule has 1 amide bonds. The molecule has 0 aliphatic heterocycles. The van der Waals surface area contributed by atoms with Gasteiger partial charge in [0, 0.05) is 11.6 Å². The standard InChI is InChI=1S/C20H18N4O5S/c1-28-13-8-9-16(29-2)15(10-13)24-19(27)14(18(26)22-20(24)30)11-21-23-17(25)12-6-4-3-5-7-12/h3-11,27H,1-2H3,(H,23,25)(H,22,26,30). The van der Waals surface area contributed by atoms with Gasteiger partial charge < -0.3 is 14.6 Å². The van der Waals surface area contributed by atoms with Gasteiger partial charge in [-0.3, -0.25) is 19.1 Å². The summed E-state index contributed by atoms with van der Waals surface area (Å²) in [5.41, 5.74) is 2.16. The normalized spacial score (nSPS) is 10.7. The van der Waals surface area contributed by atoms with E-state index in [-0.39, 0.29) is 10.3 Å². The molecule has 3 aromatic rings. The van der Waals surface area contributed by atoms with Crippen molar-refractivity contribution < 1.29 is 19.4 Å². The van der Waals surface area contributed by atoms with Crippen LogP contribution in [0.5, 0.6) is 17.4 Å². The van der Waals surface area contributed by atoms with Crippen molar-refractivity contribution in [2.75, 3.05) is 14.2 Å². The molecule has 30 heavy (non-hydrogen) atoms. The monoisotopic (exact) mass is 426 g/mol. The smallest absolute Gasteiger partial charge is 0.271 e. The molecule has 0 saturated carbocycles. The van der Waals surface area contributed by atoms with Gasteiger partial charge in [-0.15, -0.1) is 0 Å². The second-order valence-electron chi connectivity index (χ2n) is 5.93. The summed E-state index contributed by atoms with van der Waals surface area (Å²) in [7, 11) is 2.95. The summed E-state index contributed by atoms with van der Waals surface area (Å²) in [6.07, 6.45) is 1.03. The Balaban J connectivity index is 2.02. The Hall–Kier alpha value is -3.92. The largest absolute Gasteiger partial charge is 0.497 e. The maximum Gasteiger partial charge on any atom is 0.271 e. The minimum absolute atomic E-state index is 0.0606. The molecule has 154 valence electrons. The fraction of sp³-hybridized carbons (Fsp3) is 0.100. The topological polar surface area (TPSA) is 118 Å². The first-order valence-electron chi connectivity index (χ1n) is 8.65. The van der Waals surface area contributed by atoms with Crippen LogP contribution in [0, 0.1) is 4.77 Å². The molecule has 0 unspecified atom stereocenters. The van der Waals surface area contributed by atoms with Crippen molar-refractivity contribution in [1.82, 2.24) is 15.0 Å². The number of methoxy groups -OCH3 is 2. The quantitative estimate of drug-likeness (QED) is 0.316. The van der Waals surface area contributed by atoms with Crippen LogP contribution >= 0.6 is 12.2 Å². The van der Waals surface area contributed by atoms with Crippen LogP contribution in [0.25, 0.3) is 5.69 Å². The average molecular weight is 426 g/mol. The molecule has 10 heteroatoms. The number of carbonyl (C=O) groups excluding carboxylic acids is 1. The SMILES string of the molecule is COc1ccc(OC)c(-n2c(O)c(C=NNC(=O)c3ccccc3)c(=O)[nH]c2=S)c1. The molecule has 0 spiro atoms. The Bertz CT molecular complexity index is 1220. The van der Waals surface area contributed by atoms with E-state index < -0.39 is 17.3 Å². The third-order valence-electron chi connectivity index (χ3n) is 4.14. The molecule has 3 rings (SSSR count). The number of aromatic amines is 1. The van der Waals surface area contributed by atoms with E-state index in [9.17, 15) is 14.7 Å². The van der Waals surface area contributed by atoms with Gasteiger partial charge in [0.2, 0.25) is 5.88 Å². The van der Waals surface area contributed by atoms with Crippen molar-refractivity contribution in [2.45, 2.75) is 0 Å². The third kappa shape index (κ3) is 4.23. The van der Waals surface area contributed by atoms with Crippen LogP contribution in [-0.4, -0.2) is 41.0 Å². The van der Waals surface area contributed by atoms with Gasteiger partial charge in [-0.25, -0.2) is 5.43 Å². The molecule has 0 saturated heterocycles. The highest BCUT2D eigenvalue weighted by atomic mass is 32.1. The van der Waals surface area contributed by atoms with Gasteiger partial charge in [0.25, 0.3) is 11.5 Å². The summed E-state index contributed by atoms with van der Waals surface area (Å²) < 4.78 is 11.7. The molecule has 1 heterocycles. The molecule has 3 N–H and O–H groups in total. The van der Waals surface area contributed by atoms with Gasteiger partial charge in [-0.2, -0.15) is 5.10 Å². The Kier molecular flexibility index (Phi) is 6.28. The number of hydrogen-bond acceptors (Lipinski definition) is 7. The highest BCUT2D eigenvalue weighted by Crippen LogP contribution is 2.30. The lowest BCUT2D eigenvalue weighted by Gasteiger charge is -2.15. The number of ether oxygens (including phenoxy) is 2. The van der Waals surface area contributed by atoms with Gasteiger partial charge in [-0.1, -0.05) is 18.2 Å². The van der Waals surface area contributed by atoms with Crippen LogP contribution in [-0.2, 0) is 0 Å². The van der Waals surface area contributed by atoms with E-state index in [0.29, 0.717) is 22.7 Å². The fourth-order valence-electron chi connectivity index (χ4n) is 2.66. The first kappa shape index (κ1) is 20.8. The number of hydrazone groups is 1. The lowest BCUT2D eigenvalue weighted by atomic mass is 10.2. The number of H-pyrrole nitrogens is 1. The van der Waals surface area contributed by atoms with E-state index in [1.807, 2.05) is 0 Å². The van der Waals surface area contributed by atoms with Crippen LogP contribution in [0.3, 0.4) is 0 Å². The summed E-state index contributed by atoms with van der Waals surface area (Å²) in [6, 6.07) is 13.3. The number of benzene rings is 2. The molecule has 2 aromatic carbocycles. The lowest BCUT2D eigenvalue weighted by molar-refractivity contribution is 0.0955. The zero-order valence-corrected chi connectivity index (χ0v) is 16.9. The van der Waals surface area contributed by atoms with E-state index >= 15 is 0 Å². The number of amides is 1. The van der Waals surface area contributed by atoms with E-state index in [0.717, 1.165) is 6.21 Å². The van der Waals surface area contributed by atoms with Gasteiger partial charge in [0.1, 0.15) is 17.1 Å². The van der Waals surface area contributed by atoms with Crippen LogP contribution < -0.4 is 20.5 Å². The number of aromatic hydroxyl groups is 1. The second kappa shape index (κ2) is 9.05.